The summed E-state index contributed by atoms with van der Waals surface area (Å²) in [6, 6.07) is 5.00. The number of methoxy groups -OCH3 is 1. The van der Waals surface area contributed by atoms with Crippen molar-refractivity contribution >= 4 is 28.3 Å². The molecule has 0 bridgehead atoms. The average Bonchev–Trinajstić information content (AvgIpc) is 3.36. The minimum atomic E-state index is -0.275. The molecule has 0 radical (unpaired) electrons. The van der Waals surface area contributed by atoms with Crippen molar-refractivity contribution in [1.82, 2.24) is 14.9 Å². The smallest absolute Gasteiger partial charge is 0.260 e. The van der Waals surface area contributed by atoms with Gasteiger partial charge >= 0.3 is 0 Å². The highest BCUT2D eigenvalue weighted by Gasteiger charge is 2.27. The van der Waals surface area contributed by atoms with Crippen molar-refractivity contribution in [3.63, 3.8) is 0 Å². The van der Waals surface area contributed by atoms with Gasteiger partial charge in [-0.15, -0.1) is 0 Å². The average molecular weight is 384 g/mol. The Morgan fingerprint density at radius 3 is 3.04 bits per heavy atom. The Morgan fingerprint density at radius 1 is 1.37 bits per heavy atom. The number of ether oxygens (including phenoxy) is 1. The number of nitrogens with zero attached hydrogens (tertiary/aromatic N) is 3. The first-order valence-corrected chi connectivity index (χ1v) is 9.07. The number of aromatic nitrogens is 2. The van der Waals surface area contributed by atoms with E-state index in [9.17, 15) is 9.59 Å². The Labute approximate surface area is 158 Å². The van der Waals surface area contributed by atoms with Crippen LogP contribution in [0.25, 0.3) is 0 Å². The van der Waals surface area contributed by atoms with Crippen LogP contribution in [0.1, 0.15) is 31.3 Å². The van der Waals surface area contributed by atoms with E-state index in [2.05, 4.69) is 15.3 Å². The third kappa shape index (κ3) is 3.41. The predicted octanol–water partition coefficient (Wildman–Crippen LogP) is 2.59. The maximum absolute atomic E-state index is 12.8. The SMILES string of the molecule is COc1ncccc1C(=O)N1CCc2nc(NC(=O)c3ccoc3)sc2C1. The summed E-state index contributed by atoms with van der Waals surface area (Å²) in [5.74, 6) is -0.100. The molecule has 1 aliphatic rings. The number of hydrogen-bond donors (Lipinski definition) is 1. The van der Waals surface area contributed by atoms with E-state index in [1.54, 1.807) is 29.3 Å². The summed E-state index contributed by atoms with van der Waals surface area (Å²) in [5, 5.41) is 3.28. The highest BCUT2D eigenvalue weighted by atomic mass is 32.1. The zero-order valence-corrected chi connectivity index (χ0v) is 15.3. The van der Waals surface area contributed by atoms with Crippen molar-refractivity contribution in [2.45, 2.75) is 13.0 Å². The van der Waals surface area contributed by atoms with E-state index in [4.69, 9.17) is 9.15 Å². The second-order valence-electron chi connectivity index (χ2n) is 5.89. The molecule has 4 heterocycles. The topological polar surface area (TPSA) is 97.6 Å². The zero-order chi connectivity index (χ0) is 18.8. The van der Waals surface area contributed by atoms with Gasteiger partial charge in [0.1, 0.15) is 11.8 Å². The van der Waals surface area contributed by atoms with Gasteiger partial charge in [0.2, 0.25) is 5.88 Å². The third-order valence-electron chi connectivity index (χ3n) is 4.22. The molecule has 2 amide bonds. The van der Waals surface area contributed by atoms with Gasteiger partial charge in [-0.25, -0.2) is 9.97 Å². The van der Waals surface area contributed by atoms with Crippen LogP contribution in [0.4, 0.5) is 5.13 Å². The number of nitrogens with one attached hydrogen (secondary N) is 1. The summed E-state index contributed by atoms with van der Waals surface area (Å²) in [6.07, 6.45) is 5.03. The van der Waals surface area contributed by atoms with Crippen LogP contribution in [0, 0.1) is 0 Å². The second kappa shape index (κ2) is 7.20. The van der Waals surface area contributed by atoms with Gasteiger partial charge in [0, 0.05) is 24.0 Å². The number of rotatable bonds is 4. The Hall–Kier alpha value is -3.20. The fraction of sp³-hybridized carbons (Fsp3) is 0.222. The maximum Gasteiger partial charge on any atom is 0.260 e. The molecule has 8 nitrogen and oxygen atoms in total. The number of anilines is 1. The molecule has 0 saturated carbocycles. The lowest BCUT2D eigenvalue weighted by atomic mass is 10.1. The van der Waals surface area contributed by atoms with Gasteiger partial charge in [-0.05, 0) is 18.2 Å². The Balaban J connectivity index is 1.49. The number of carbonyl (C=O) groups is 2. The molecule has 1 aliphatic heterocycles. The molecule has 0 atom stereocenters. The van der Waals surface area contributed by atoms with Gasteiger partial charge in [0.15, 0.2) is 5.13 Å². The number of thiazole rings is 1. The first kappa shape index (κ1) is 17.2. The number of amides is 2. The molecule has 0 aromatic carbocycles. The van der Waals surface area contributed by atoms with Crippen LogP contribution in [0.2, 0.25) is 0 Å². The van der Waals surface area contributed by atoms with Crippen LogP contribution < -0.4 is 10.1 Å². The summed E-state index contributed by atoms with van der Waals surface area (Å²) in [5.41, 5.74) is 1.77. The minimum Gasteiger partial charge on any atom is -0.480 e. The van der Waals surface area contributed by atoms with Crippen LogP contribution in [0.5, 0.6) is 5.88 Å². The minimum absolute atomic E-state index is 0.136. The van der Waals surface area contributed by atoms with Crippen molar-refractivity contribution in [3.8, 4) is 5.88 Å². The van der Waals surface area contributed by atoms with Crippen LogP contribution in [0.3, 0.4) is 0 Å². The lowest BCUT2D eigenvalue weighted by Crippen LogP contribution is -2.35. The number of furan rings is 1. The van der Waals surface area contributed by atoms with E-state index in [1.807, 2.05) is 0 Å². The highest BCUT2D eigenvalue weighted by molar-refractivity contribution is 7.15. The molecule has 4 rings (SSSR count). The number of carbonyl (C=O) groups excluding carboxylic acids is 2. The molecular weight excluding hydrogens is 368 g/mol. The van der Waals surface area contributed by atoms with Crippen LogP contribution in [-0.4, -0.2) is 40.3 Å². The summed E-state index contributed by atoms with van der Waals surface area (Å²) in [7, 11) is 1.49. The van der Waals surface area contributed by atoms with E-state index in [0.29, 0.717) is 41.6 Å². The molecule has 27 heavy (non-hydrogen) atoms. The van der Waals surface area contributed by atoms with E-state index in [1.165, 1.54) is 31.0 Å². The fourth-order valence-electron chi connectivity index (χ4n) is 2.87. The predicted molar refractivity (Wildman–Crippen MR) is 98.0 cm³/mol. The molecule has 0 unspecified atom stereocenters. The summed E-state index contributed by atoms with van der Waals surface area (Å²) in [6.45, 7) is 0.980. The molecule has 9 heteroatoms. The highest BCUT2D eigenvalue weighted by Crippen LogP contribution is 2.30. The standard InChI is InChI=1S/C18H16N4O4S/c1-25-16-12(3-2-6-19-16)17(24)22-7-4-13-14(9-22)27-18(20-13)21-15(23)11-5-8-26-10-11/h2-3,5-6,8,10H,4,7,9H2,1H3,(H,20,21,23). The summed E-state index contributed by atoms with van der Waals surface area (Å²) < 4.78 is 10.1. The van der Waals surface area contributed by atoms with Gasteiger partial charge in [-0.2, -0.15) is 0 Å². The molecule has 138 valence electrons. The quantitative estimate of drug-likeness (QED) is 0.743. The lowest BCUT2D eigenvalue weighted by molar-refractivity contribution is 0.0731. The van der Waals surface area contributed by atoms with E-state index in [-0.39, 0.29) is 11.8 Å². The normalized spacial score (nSPS) is 13.1. The van der Waals surface area contributed by atoms with Crippen molar-refractivity contribution in [2.24, 2.45) is 0 Å². The van der Waals surface area contributed by atoms with Gasteiger partial charge in [0.25, 0.3) is 11.8 Å². The molecular formula is C18H16N4O4S. The molecule has 3 aromatic rings. The molecule has 0 saturated heterocycles. The zero-order valence-electron chi connectivity index (χ0n) is 14.5. The monoisotopic (exact) mass is 384 g/mol. The number of fused-ring (bicyclic) bond motifs is 1. The van der Waals surface area contributed by atoms with Gasteiger partial charge in [-0.1, -0.05) is 11.3 Å². The first-order valence-electron chi connectivity index (χ1n) is 8.26. The maximum atomic E-state index is 12.8. The van der Waals surface area contributed by atoms with Crippen molar-refractivity contribution in [3.05, 3.63) is 58.6 Å². The molecule has 0 spiro atoms. The molecule has 0 aliphatic carbocycles. The van der Waals surface area contributed by atoms with E-state index >= 15 is 0 Å². The van der Waals surface area contributed by atoms with E-state index < -0.39 is 0 Å². The van der Waals surface area contributed by atoms with Crippen molar-refractivity contribution in [2.75, 3.05) is 19.0 Å². The largest absolute Gasteiger partial charge is 0.480 e. The summed E-state index contributed by atoms with van der Waals surface area (Å²) in [4.78, 5) is 36.2. The van der Waals surface area contributed by atoms with Gasteiger partial charge in [0.05, 0.1) is 31.2 Å². The van der Waals surface area contributed by atoms with E-state index in [0.717, 1.165) is 10.6 Å². The second-order valence-corrected chi connectivity index (χ2v) is 6.98. The van der Waals surface area contributed by atoms with Crippen LogP contribution >= 0.6 is 11.3 Å². The molecule has 3 aromatic heterocycles. The van der Waals surface area contributed by atoms with Gasteiger partial charge in [-0.3, -0.25) is 14.9 Å². The molecule has 1 N–H and O–H groups in total. The number of pyridine rings is 1. The van der Waals surface area contributed by atoms with Crippen LogP contribution in [0.15, 0.2) is 41.3 Å². The molecule has 0 fully saturated rings. The fourth-order valence-corrected chi connectivity index (χ4v) is 3.89. The third-order valence-corrected chi connectivity index (χ3v) is 5.22. The summed E-state index contributed by atoms with van der Waals surface area (Å²) >= 11 is 1.37. The number of hydrogen-bond acceptors (Lipinski definition) is 7. The van der Waals surface area contributed by atoms with Gasteiger partial charge < -0.3 is 14.1 Å². The Bertz CT molecular complexity index is 983. The van der Waals surface area contributed by atoms with Crippen molar-refractivity contribution < 1.29 is 18.7 Å². The Kier molecular flexibility index (Phi) is 4.59. The first-order chi connectivity index (χ1) is 13.2. The van der Waals surface area contributed by atoms with Crippen molar-refractivity contribution in [1.29, 1.82) is 0 Å². The lowest BCUT2D eigenvalue weighted by Gasteiger charge is -2.26. The van der Waals surface area contributed by atoms with Crippen LogP contribution in [-0.2, 0) is 13.0 Å². The Morgan fingerprint density at radius 2 is 2.26 bits per heavy atom.